The van der Waals surface area contributed by atoms with E-state index in [1.165, 1.54) is 0 Å². The van der Waals surface area contributed by atoms with Crippen molar-refractivity contribution in [2.75, 3.05) is 0 Å². The van der Waals surface area contributed by atoms with E-state index in [1.807, 2.05) is 25.2 Å². The molecule has 0 aliphatic heterocycles. The van der Waals surface area contributed by atoms with Crippen molar-refractivity contribution < 1.29 is 0 Å². The van der Waals surface area contributed by atoms with Crippen molar-refractivity contribution in [3.63, 3.8) is 0 Å². The monoisotopic (exact) mass is 97.1 g/mol. The van der Waals surface area contributed by atoms with E-state index in [-0.39, 0.29) is 0 Å². The first kappa shape index (κ1) is 6.28. The number of nitrogens with two attached hydrogens (primary N) is 1. The number of rotatable bonds is 2. The average Bonchev–Trinajstić information content (AvgIpc) is 1.69. The Morgan fingerprint density at radius 2 is 2.14 bits per heavy atom. The topological polar surface area (TPSA) is 26.0 Å². The quantitative estimate of drug-likeness (QED) is 0.518. The molecule has 0 heterocycles. The summed E-state index contributed by atoms with van der Waals surface area (Å²) < 4.78 is 0. The lowest BCUT2D eigenvalue weighted by molar-refractivity contribution is 1.35. The van der Waals surface area contributed by atoms with Crippen molar-refractivity contribution in [3.8, 4) is 0 Å². The first-order valence-electron chi connectivity index (χ1n) is 2.39. The predicted molar refractivity (Wildman–Crippen MR) is 32.8 cm³/mol. The highest BCUT2D eigenvalue weighted by Gasteiger charge is 1.61. The fraction of sp³-hybridized carbons (Fsp3) is 0.333. The molecule has 0 saturated heterocycles. The Morgan fingerprint density at radius 3 is 2.57 bits per heavy atom. The van der Waals surface area contributed by atoms with Gasteiger partial charge in [0.2, 0.25) is 0 Å². The van der Waals surface area contributed by atoms with Crippen LogP contribution in [0, 0.1) is 0 Å². The molecule has 0 saturated carbocycles. The molecule has 0 spiro atoms. The van der Waals surface area contributed by atoms with Gasteiger partial charge in [0, 0.05) is 0 Å². The second kappa shape index (κ2) is 5.28. The van der Waals surface area contributed by atoms with E-state index >= 15 is 0 Å². The van der Waals surface area contributed by atoms with Gasteiger partial charge in [-0.2, -0.15) is 0 Å². The van der Waals surface area contributed by atoms with Crippen molar-refractivity contribution >= 4 is 0 Å². The van der Waals surface area contributed by atoms with Crippen LogP contribution in [0.1, 0.15) is 13.3 Å². The summed E-state index contributed by atoms with van der Waals surface area (Å²) in [6.45, 7) is 1.99. The van der Waals surface area contributed by atoms with Crippen molar-refractivity contribution in [1.82, 2.24) is 0 Å². The van der Waals surface area contributed by atoms with Crippen molar-refractivity contribution in [3.05, 3.63) is 24.4 Å². The summed E-state index contributed by atoms with van der Waals surface area (Å²) in [5, 5.41) is 0. The molecule has 0 aliphatic carbocycles. The summed E-state index contributed by atoms with van der Waals surface area (Å²) in [7, 11) is 0. The minimum absolute atomic E-state index is 0.951. The van der Waals surface area contributed by atoms with Crippen LogP contribution in [0.15, 0.2) is 24.4 Å². The van der Waals surface area contributed by atoms with E-state index in [0.717, 1.165) is 6.42 Å². The second-order valence-corrected chi connectivity index (χ2v) is 1.23. The maximum Gasteiger partial charge on any atom is -0.00999 e. The molecule has 7 heavy (non-hydrogen) atoms. The van der Waals surface area contributed by atoms with Crippen LogP contribution >= 0.6 is 0 Å². The Balaban J connectivity index is 2.98. The van der Waals surface area contributed by atoms with Gasteiger partial charge in [-0.1, -0.05) is 18.2 Å². The zero-order valence-corrected chi connectivity index (χ0v) is 4.59. The van der Waals surface area contributed by atoms with Gasteiger partial charge in [-0.3, -0.25) is 0 Å². The van der Waals surface area contributed by atoms with Crippen molar-refractivity contribution in [2.45, 2.75) is 13.3 Å². The largest absolute Gasteiger partial charge is 0.405 e. The van der Waals surface area contributed by atoms with Crippen LogP contribution in [0.5, 0.6) is 0 Å². The highest BCUT2D eigenvalue weighted by molar-refractivity contribution is 4.88. The molecule has 0 fully saturated rings. The Labute approximate surface area is 44.5 Å². The van der Waals surface area contributed by atoms with Gasteiger partial charge < -0.3 is 5.73 Å². The van der Waals surface area contributed by atoms with Crippen molar-refractivity contribution in [1.29, 1.82) is 0 Å². The normalized spacial score (nSPS) is 11.6. The summed E-state index contributed by atoms with van der Waals surface area (Å²) in [5.74, 6) is 0. The summed E-state index contributed by atoms with van der Waals surface area (Å²) in [6, 6.07) is 0. The molecule has 0 atom stereocenters. The van der Waals surface area contributed by atoms with Gasteiger partial charge in [-0.15, -0.1) is 0 Å². The molecule has 0 amide bonds. The number of allylic oxidation sites excluding steroid dienone is 3. The van der Waals surface area contributed by atoms with E-state index in [4.69, 9.17) is 5.73 Å². The third kappa shape index (κ3) is 5.28. The fourth-order valence-corrected chi connectivity index (χ4v) is 0.293. The second-order valence-electron chi connectivity index (χ2n) is 1.23. The zero-order valence-electron chi connectivity index (χ0n) is 4.59. The van der Waals surface area contributed by atoms with Gasteiger partial charge in [0.15, 0.2) is 0 Å². The maximum atomic E-state index is 5.05. The van der Waals surface area contributed by atoms with Crippen LogP contribution in [0.4, 0.5) is 0 Å². The Bertz CT molecular complexity index is 62.2. The van der Waals surface area contributed by atoms with Gasteiger partial charge in [-0.05, 0) is 19.5 Å². The molecule has 0 bridgehead atoms. The van der Waals surface area contributed by atoms with Crippen LogP contribution < -0.4 is 5.73 Å². The lowest BCUT2D eigenvalue weighted by Crippen LogP contribution is -1.73. The number of hydrogen-bond donors (Lipinski definition) is 1. The third-order valence-electron chi connectivity index (χ3n) is 0.644. The SMILES string of the molecule is C/C=C\CC=CN. The molecule has 40 valence electrons. The molecular weight excluding hydrogens is 86.1 g/mol. The smallest absolute Gasteiger partial charge is 0.00999 e. The summed E-state index contributed by atoms with van der Waals surface area (Å²) in [4.78, 5) is 0. The van der Waals surface area contributed by atoms with Gasteiger partial charge in [0.25, 0.3) is 0 Å². The molecule has 0 rings (SSSR count). The molecule has 0 aromatic rings. The van der Waals surface area contributed by atoms with E-state index < -0.39 is 0 Å². The molecule has 0 aliphatic rings. The van der Waals surface area contributed by atoms with Crippen LogP contribution in [0.2, 0.25) is 0 Å². The van der Waals surface area contributed by atoms with Gasteiger partial charge in [0.1, 0.15) is 0 Å². The van der Waals surface area contributed by atoms with E-state index in [1.54, 1.807) is 6.20 Å². The zero-order chi connectivity index (χ0) is 5.54. The Kier molecular flexibility index (Phi) is 4.74. The molecule has 1 heteroatoms. The minimum atomic E-state index is 0.951. The van der Waals surface area contributed by atoms with Crippen LogP contribution in [-0.2, 0) is 0 Å². The Morgan fingerprint density at radius 1 is 1.43 bits per heavy atom. The molecule has 0 aromatic carbocycles. The molecule has 0 aromatic heterocycles. The summed E-state index contributed by atoms with van der Waals surface area (Å²) in [6.07, 6.45) is 8.45. The van der Waals surface area contributed by atoms with Gasteiger partial charge in [-0.25, -0.2) is 0 Å². The average molecular weight is 97.2 g/mol. The minimum Gasteiger partial charge on any atom is -0.405 e. The number of hydrogen-bond acceptors (Lipinski definition) is 1. The van der Waals surface area contributed by atoms with Crippen LogP contribution in [0.3, 0.4) is 0 Å². The van der Waals surface area contributed by atoms with Crippen molar-refractivity contribution in [2.24, 2.45) is 5.73 Å². The third-order valence-corrected chi connectivity index (χ3v) is 0.644. The van der Waals surface area contributed by atoms with Crippen LogP contribution in [-0.4, -0.2) is 0 Å². The maximum absolute atomic E-state index is 5.05. The van der Waals surface area contributed by atoms with E-state index in [2.05, 4.69) is 0 Å². The summed E-state index contributed by atoms with van der Waals surface area (Å²) >= 11 is 0. The lowest BCUT2D eigenvalue weighted by Gasteiger charge is -1.73. The highest BCUT2D eigenvalue weighted by atomic mass is 14.5. The highest BCUT2D eigenvalue weighted by Crippen LogP contribution is 1.80. The van der Waals surface area contributed by atoms with Gasteiger partial charge in [0.05, 0.1) is 0 Å². The molecule has 1 nitrogen and oxygen atoms in total. The fourth-order valence-electron chi connectivity index (χ4n) is 0.293. The first-order valence-corrected chi connectivity index (χ1v) is 2.39. The van der Waals surface area contributed by atoms with Gasteiger partial charge >= 0.3 is 0 Å². The molecule has 2 N–H and O–H groups in total. The first-order chi connectivity index (χ1) is 3.41. The van der Waals surface area contributed by atoms with Crippen LogP contribution in [0.25, 0.3) is 0 Å². The van der Waals surface area contributed by atoms with E-state index in [9.17, 15) is 0 Å². The summed E-state index contributed by atoms with van der Waals surface area (Å²) in [5.41, 5.74) is 5.05. The predicted octanol–water partition coefficient (Wildman–Crippen LogP) is 1.43. The molecule has 0 radical (unpaired) electrons. The lowest BCUT2D eigenvalue weighted by atomic mass is 10.4. The Hall–Kier alpha value is -0.720. The molecular formula is C6H11N. The molecule has 0 unspecified atom stereocenters. The standard InChI is InChI=1S/C6H11N/c1-2-3-4-5-6-7/h2-3,5-6H,4,7H2,1H3/b3-2-,6-5?. The van der Waals surface area contributed by atoms with E-state index in [0.29, 0.717) is 0 Å².